The Morgan fingerprint density at radius 2 is 2.38 bits per heavy atom. The van der Waals surface area contributed by atoms with Crippen molar-refractivity contribution in [3.05, 3.63) is 23.5 Å². The summed E-state index contributed by atoms with van der Waals surface area (Å²) >= 11 is 0. The first-order valence-corrected chi connectivity index (χ1v) is 5.51. The number of hydrogen-bond acceptors (Lipinski definition) is 3. The van der Waals surface area contributed by atoms with Gasteiger partial charge in [0.2, 0.25) is 0 Å². The van der Waals surface area contributed by atoms with Gasteiger partial charge in [-0.2, -0.15) is 0 Å². The van der Waals surface area contributed by atoms with E-state index in [9.17, 15) is 9.59 Å². The number of carbonyl (C=O) groups is 2. The number of aldehydes is 1. The van der Waals surface area contributed by atoms with Crippen LogP contribution in [0.4, 0.5) is 0 Å². The molecule has 1 unspecified atom stereocenters. The van der Waals surface area contributed by atoms with E-state index in [4.69, 9.17) is 4.74 Å². The maximum Gasteiger partial charge on any atom is 0.329 e. The van der Waals surface area contributed by atoms with Crippen molar-refractivity contribution in [1.29, 1.82) is 0 Å². The maximum absolute atomic E-state index is 11.8. The Hall–Kier alpha value is -1.58. The fourth-order valence-electron chi connectivity index (χ4n) is 2.11. The van der Waals surface area contributed by atoms with Gasteiger partial charge in [-0.15, -0.1) is 0 Å². The number of nitrogens with zero attached hydrogens (tertiary/aromatic N) is 1. The van der Waals surface area contributed by atoms with Crippen molar-refractivity contribution < 1.29 is 14.3 Å². The van der Waals surface area contributed by atoms with Crippen LogP contribution in [0.2, 0.25) is 0 Å². The molecule has 0 spiro atoms. The molecule has 0 bridgehead atoms. The third kappa shape index (κ3) is 1.54. The minimum Gasteiger partial charge on any atom is -0.458 e. The van der Waals surface area contributed by atoms with Crippen LogP contribution in [0.1, 0.15) is 42.5 Å². The molecule has 2 atom stereocenters. The number of cyclic esters (lactones) is 1. The lowest BCUT2D eigenvalue weighted by Gasteiger charge is -2.29. The Balaban J connectivity index is 2.49. The molecule has 1 aromatic rings. The summed E-state index contributed by atoms with van der Waals surface area (Å²) in [5, 5.41) is 0. The predicted octanol–water partition coefficient (Wildman–Crippen LogP) is 1.94. The van der Waals surface area contributed by atoms with Crippen LogP contribution >= 0.6 is 0 Å². The number of aromatic nitrogens is 1. The monoisotopic (exact) mass is 221 g/mol. The van der Waals surface area contributed by atoms with Crippen molar-refractivity contribution in [2.45, 2.75) is 32.9 Å². The third-order valence-electron chi connectivity index (χ3n) is 3.22. The van der Waals surface area contributed by atoms with E-state index in [0.29, 0.717) is 5.69 Å². The summed E-state index contributed by atoms with van der Waals surface area (Å²) in [5.74, 6) is -0.0706. The van der Waals surface area contributed by atoms with E-state index < -0.39 is 0 Å². The Labute approximate surface area is 94.2 Å². The second kappa shape index (κ2) is 4.12. The van der Waals surface area contributed by atoms with Gasteiger partial charge in [-0.25, -0.2) is 4.79 Å². The van der Waals surface area contributed by atoms with Crippen molar-refractivity contribution in [2.75, 3.05) is 0 Å². The van der Waals surface area contributed by atoms with Crippen molar-refractivity contribution >= 4 is 12.3 Å². The highest BCUT2D eigenvalue weighted by molar-refractivity contribution is 5.79. The van der Waals surface area contributed by atoms with Crippen LogP contribution in [0, 0.1) is 5.92 Å². The summed E-state index contributed by atoms with van der Waals surface area (Å²) in [6.45, 7) is 4.28. The minimum absolute atomic E-state index is 0.164. The topological polar surface area (TPSA) is 48.3 Å². The normalized spacial score (nSPS) is 21.1. The summed E-state index contributed by atoms with van der Waals surface area (Å²) in [5.41, 5.74) is 1.45. The van der Waals surface area contributed by atoms with Crippen LogP contribution in [-0.4, -0.2) is 16.8 Å². The van der Waals surface area contributed by atoms with Gasteiger partial charge in [0.25, 0.3) is 0 Å². The van der Waals surface area contributed by atoms with Crippen molar-refractivity contribution in [2.24, 2.45) is 5.92 Å². The molecule has 0 saturated heterocycles. The highest BCUT2D eigenvalue weighted by atomic mass is 16.5. The highest BCUT2D eigenvalue weighted by Gasteiger charge is 2.33. The molecule has 0 radical (unpaired) electrons. The molecule has 1 aromatic heterocycles. The highest BCUT2D eigenvalue weighted by Crippen LogP contribution is 2.30. The summed E-state index contributed by atoms with van der Waals surface area (Å²) < 4.78 is 6.93. The molecule has 0 amide bonds. The van der Waals surface area contributed by atoms with Crippen molar-refractivity contribution in [1.82, 2.24) is 4.57 Å². The van der Waals surface area contributed by atoms with Crippen LogP contribution in [0.25, 0.3) is 0 Å². The minimum atomic E-state index is -0.357. The van der Waals surface area contributed by atoms with Gasteiger partial charge in [-0.05, 0) is 18.1 Å². The third-order valence-corrected chi connectivity index (χ3v) is 3.22. The zero-order valence-electron chi connectivity index (χ0n) is 9.47. The summed E-state index contributed by atoms with van der Waals surface area (Å²) in [6.07, 6.45) is 1.66. The molecule has 0 aromatic carbocycles. The first-order chi connectivity index (χ1) is 7.69. The first kappa shape index (κ1) is 10.9. The SMILES string of the molecule is CCC(C)[C@H]1C(=O)OCc2ccc(C=O)n21. The lowest BCUT2D eigenvalue weighted by molar-refractivity contribution is -0.154. The Morgan fingerprint density at radius 3 is 3.00 bits per heavy atom. The van der Waals surface area contributed by atoms with E-state index in [1.54, 1.807) is 6.07 Å². The zero-order chi connectivity index (χ0) is 11.7. The fourth-order valence-corrected chi connectivity index (χ4v) is 2.11. The molecule has 4 heteroatoms. The summed E-state index contributed by atoms with van der Waals surface area (Å²) in [7, 11) is 0. The van der Waals surface area contributed by atoms with Gasteiger partial charge in [0, 0.05) is 0 Å². The number of esters is 1. The van der Waals surface area contributed by atoms with E-state index in [-0.39, 0.29) is 24.5 Å². The van der Waals surface area contributed by atoms with Gasteiger partial charge in [-0.3, -0.25) is 4.79 Å². The molecular weight excluding hydrogens is 206 g/mol. The predicted molar refractivity (Wildman–Crippen MR) is 58.1 cm³/mol. The summed E-state index contributed by atoms with van der Waals surface area (Å²) in [6, 6.07) is 3.22. The summed E-state index contributed by atoms with van der Waals surface area (Å²) in [4.78, 5) is 22.7. The van der Waals surface area contributed by atoms with E-state index in [2.05, 4.69) is 0 Å². The van der Waals surface area contributed by atoms with Crippen molar-refractivity contribution in [3.63, 3.8) is 0 Å². The van der Waals surface area contributed by atoms with Gasteiger partial charge in [0.1, 0.15) is 12.6 Å². The van der Waals surface area contributed by atoms with Crippen molar-refractivity contribution in [3.8, 4) is 0 Å². The molecule has 4 nitrogen and oxygen atoms in total. The molecule has 16 heavy (non-hydrogen) atoms. The number of rotatable bonds is 3. The molecular formula is C12H15NO3. The van der Waals surface area contributed by atoms with Gasteiger partial charge in [0.15, 0.2) is 6.29 Å². The number of fused-ring (bicyclic) bond motifs is 1. The van der Waals surface area contributed by atoms with Crippen LogP contribution < -0.4 is 0 Å². The molecule has 0 fully saturated rings. The van der Waals surface area contributed by atoms with Gasteiger partial charge >= 0.3 is 5.97 Å². The molecule has 0 N–H and O–H groups in total. The number of carbonyl (C=O) groups excluding carboxylic acids is 2. The molecule has 1 aliphatic heterocycles. The van der Waals surface area contributed by atoms with Crippen LogP contribution in [0.3, 0.4) is 0 Å². The fraction of sp³-hybridized carbons (Fsp3) is 0.500. The Kier molecular flexibility index (Phi) is 2.81. The quantitative estimate of drug-likeness (QED) is 0.579. The van der Waals surface area contributed by atoms with Crippen LogP contribution in [0.15, 0.2) is 12.1 Å². The first-order valence-electron chi connectivity index (χ1n) is 5.51. The largest absolute Gasteiger partial charge is 0.458 e. The number of ether oxygens (including phenoxy) is 1. The van der Waals surface area contributed by atoms with Gasteiger partial charge < -0.3 is 9.30 Å². The lowest BCUT2D eigenvalue weighted by atomic mass is 9.98. The number of hydrogen-bond donors (Lipinski definition) is 0. The molecule has 1 aliphatic rings. The average molecular weight is 221 g/mol. The maximum atomic E-state index is 11.8. The molecule has 2 heterocycles. The molecule has 2 rings (SSSR count). The lowest BCUT2D eigenvalue weighted by Crippen LogP contribution is -2.34. The van der Waals surface area contributed by atoms with E-state index in [1.165, 1.54) is 0 Å². The average Bonchev–Trinajstić information content (AvgIpc) is 2.71. The van der Waals surface area contributed by atoms with E-state index in [1.807, 2.05) is 24.5 Å². The van der Waals surface area contributed by atoms with Gasteiger partial charge in [0.05, 0.1) is 11.4 Å². The standard InChI is InChI=1S/C12H15NO3/c1-3-8(2)11-12(15)16-7-10-5-4-9(6-14)13(10)11/h4-6,8,11H,3,7H2,1-2H3/t8?,11-/m0/s1. The Morgan fingerprint density at radius 1 is 1.62 bits per heavy atom. The molecule has 0 aliphatic carbocycles. The zero-order valence-corrected chi connectivity index (χ0v) is 9.47. The van der Waals surface area contributed by atoms with E-state index in [0.717, 1.165) is 18.4 Å². The van der Waals surface area contributed by atoms with Gasteiger partial charge in [-0.1, -0.05) is 20.3 Å². The Bertz CT molecular complexity index is 422. The second-order valence-electron chi connectivity index (χ2n) is 4.18. The molecule has 86 valence electrons. The molecule has 0 saturated carbocycles. The van der Waals surface area contributed by atoms with E-state index >= 15 is 0 Å². The smallest absolute Gasteiger partial charge is 0.329 e. The second-order valence-corrected chi connectivity index (χ2v) is 4.18. The van der Waals surface area contributed by atoms with Crippen LogP contribution in [0.5, 0.6) is 0 Å². The van der Waals surface area contributed by atoms with Crippen LogP contribution in [-0.2, 0) is 16.1 Å².